The molecule has 0 saturated carbocycles. The minimum absolute atomic E-state index is 0.134. The number of ether oxygens (including phenoxy) is 1. The molecule has 3 N–H and O–H groups in total. The molecule has 0 radical (unpaired) electrons. The number of halogens is 1. The smallest absolute Gasteiger partial charge is 0.330 e. The predicted molar refractivity (Wildman–Crippen MR) is 69.8 cm³/mol. The number of anilines is 1. The van der Waals surface area contributed by atoms with Gasteiger partial charge in [0, 0.05) is 6.61 Å². The summed E-state index contributed by atoms with van der Waals surface area (Å²) < 4.78 is 6.56. The quantitative estimate of drug-likeness (QED) is 0.585. The van der Waals surface area contributed by atoms with Gasteiger partial charge in [-0.3, -0.25) is 19.1 Å². The Labute approximate surface area is 113 Å². The first kappa shape index (κ1) is 13.8. The highest BCUT2D eigenvalue weighted by molar-refractivity contribution is 6.31. The molecule has 1 aliphatic heterocycles. The lowest BCUT2D eigenvalue weighted by molar-refractivity contribution is 0.0955. The van der Waals surface area contributed by atoms with Crippen molar-refractivity contribution in [1.29, 1.82) is 0 Å². The first-order valence-electron chi connectivity index (χ1n) is 5.88. The first-order valence-corrected chi connectivity index (χ1v) is 6.41. The number of nitrogens with zero attached hydrogens (tertiary/aromatic N) is 1. The second-order valence-corrected chi connectivity index (χ2v) is 4.59. The molecular formula is C11H14ClN3O4. The molecule has 7 nitrogen and oxygen atoms in total. The second kappa shape index (κ2) is 5.58. The Morgan fingerprint density at radius 2 is 2.26 bits per heavy atom. The number of carbonyl (C=O) groups excluding carboxylic acids is 1. The summed E-state index contributed by atoms with van der Waals surface area (Å²) in [5, 5.41) is 0. The number of aromatic amines is 1. The number of alkyl halides is 1. The third kappa shape index (κ3) is 2.71. The highest BCUT2D eigenvalue weighted by Crippen LogP contribution is 2.15. The molecular weight excluding hydrogens is 274 g/mol. The van der Waals surface area contributed by atoms with Gasteiger partial charge < -0.3 is 10.5 Å². The van der Waals surface area contributed by atoms with Crippen LogP contribution in [0.4, 0.5) is 5.82 Å². The summed E-state index contributed by atoms with van der Waals surface area (Å²) in [5.41, 5.74) is 4.02. The third-order valence-electron chi connectivity index (χ3n) is 3.05. The van der Waals surface area contributed by atoms with Crippen LogP contribution in [0.1, 0.15) is 23.2 Å². The number of Topliss-reactive ketones (excluding diaryl/α,β-unsaturated/α-hetero) is 1. The van der Waals surface area contributed by atoms with Crippen LogP contribution in [0.2, 0.25) is 0 Å². The Morgan fingerprint density at radius 1 is 1.53 bits per heavy atom. The second-order valence-electron chi connectivity index (χ2n) is 4.32. The molecule has 0 unspecified atom stereocenters. The Kier molecular flexibility index (Phi) is 4.06. The number of ketones is 1. The van der Waals surface area contributed by atoms with Crippen molar-refractivity contribution in [2.45, 2.75) is 25.5 Å². The third-order valence-corrected chi connectivity index (χ3v) is 3.29. The summed E-state index contributed by atoms with van der Waals surface area (Å²) in [6, 6.07) is 0. The average Bonchev–Trinajstić information content (AvgIpc) is 2.86. The number of carbonyl (C=O) groups is 1. The summed E-state index contributed by atoms with van der Waals surface area (Å²) in [4.78, 5) is 37.0. The van der Waals surface area contributed by atoms with Gasteiger partial charge in [-0.05, 0) is 12.8 Å². The molecule has 0 spiro atoms. The number of hydrogen-bond donors (Lipinski definition) is 2. The summed E-state index contributed by atoms with van der Waals surface area (Å²) in [6.07, 6.45) is 1.59. The highest BCUT2D eigenvalue weighted by atomic mass is 35.5. The molecule has 0 amide bonds. The van der Waals surface area contributed by atoms with Crippen molar-refractivity contribution in [2.75, 3.05) is 18.2 Å². The molecule has 1 aromatic rings. The Morgan fingerprint density at radius 3 is 2.84 bits per heavy atom. The van der Waals surface area contributed by atoms with E-state index in [9.17, 15) is 14.4 Å². The van der Waals surface area contributed by atoms with Gasteiger partial charge in [0.05, 0.1) is 18.5 Å². The number of nitrogen functional groups attached to an aromatic ring is 1. The molecule has 2 heterocycles. The number of hydrogen-bond acceptors (Lipinski definition) is 5. The van der Waals surface area contributed by atoms with E-state index in [1.807, 2.05) is 0 Å². The maximum Gasteiger partial charge on any atom is 0.330 e. The van der Waals surface area contributed by atoms with Crippen molar-refractivity contribution in [3.63, 3.8) is 0 Å². The lowest BCUT2D eigenvalue weighted by atomic mass is 10.2. The van der Waals surface area contributed by atoms with E-state index in [4.69, 9.17) is 22.1 Å². The Balaban J connectivity index is 2.45. The largest absolute Gasteiger partial charge is 0.384 e. The Bertz CT molecular complexity index is 601. The molecule has 1 saturated heterocycles. The predicted octanol–water partition coefficient (Wildman–Crippen LogP) is -0.281. The summed E-state index contributed by atoms with van der Waals surface area (Å²) >= 11 is 5.42. The van der Waals surface area contributed by atoms with Gasteiger partial charge in [0.1, 0.15) is 11.4 Å². The molecule has 1 aliphatic rings. The molecule has 1 fully saturated rings. The molecule has 19 heavy (non-hydrogen) atoms. The van der Waals surface area contributed by atoms with Crippen molar-refractivity contribution >= 4 is 23.2 Å². The van der Waals surface area contributed by atoms with E-state index >= 15 is 0 Å². The fourth-order valence-electron chi connectivity index (χ4n) is 2.10. The minimum Gasteiger partial charge on any atom is -0.384 e. The van der Waals surface area contributed by atoms with E-state index in [0.717, 1.165) is 17.4 Å². The molecule has 0 aliphatic carbocycles. The van der Waals surface area contributed by atoms with Gasteiger partial charge in [-0.1, -0.05) is 0 Å². The summed E-state index contributed by atoms with van der Waals surface area (Å²) in [7, 11) is 0. The minimum atomic E-state index is -0.809. The normalized spacial score (nSPS) is 18.7. The van der Waals surface area contributed by atoms with E-state index in [0.29, 0.717) is 6.61 Å². The van der Waals surface area contributed by atoms with Crippen LogP contribution >= 0.6 is 11.6 Å². The van der Waals surface area contributed by atoms with Crippen molar-refractivity contribution in [1.82, 2.24) is 9.55 Å². The van der Waals surface area contributed by atoms with Gasteiger partial charge in [0.25, 0.3) is 5.56 Å². The molecule has 1 atom stereocenters. The maximum absolute atomic E-state index is 11.7. The van der Waals surface area contributed by atoms with E-state index in [-0.39, 0.29) is 29.9 Å². The molecule has 104 valence electrons. The molecule has 0 bridgehead atoms. The van der Waals surface area contributed by atoms with Crippen molar-refractivity contribution in [2.24, 2.45) is 0 Å². The fraction of sp³-hybridized carbons (Fsp3) is 0.545. The summed E-state index contributed by atoms with van der Waals surface area (Å²) in [5.74, 6) is -1.14. The Hall–Kier alpha value is -1.60. The number of H-pyrrole nitrogens is 1. The van der Waals surface area contributed by atoms with Crippen LogP contribution < -0.4 is 17.0 Å². The van der Waals surface area contributed by atoms with Gasteiger partial charge in [-0.15, -0.1) is 11.6 Å². The van der Waals surface area contributed by atoms with Crippen molar-refractivity contribution in [3.05, 3.63) is 26.4 Å². The molecule has 2 rings (SSSR count). The van der Waals surface area contributed by atoms with E-state index in [1.165, 1.54) is 0 Å². The zero-order chi connectivity index (χ0) is 14.0. The average molecular weight is 288 g/mol. The lowest BCUT2D eigenvalue weighted by Crippen LogP contribution is -2.38. The van der Waals surface area contributed by atoms with Crippen molar-refractivity contribution in [3.8, 4) is 0 Å². The number of aromatic nitrogens is 2. The molecule has 1 aromatic heterocycles. The summed E-state index contributed by atoms with van der Waals surface area (Å²) in [6.45, 7) is 0.847. The van der Waals surface area contributed by atoms with Crippen LogP contribution in [0.15, 0.2) is 9.59 Å². The van der Waals surface area contributed by atoms with Crippen molar-refractivity contribution < 1.29 is 9.53 Å². The zero-order valence-electron chi connectivity index (χ0n) is 10.1. The van der Waals surface area contributed by atoms with Crippen LogP contribution in [0, 0.1) is 0 Å². The molecule has 0 aromatic carbocycles. The molecule has 8 heteroatoms. The zero-order valence-corrected chi connectivity index (χ0v) is 10.9. The van der Waals surface area contributed by atoms with Gasteiger partial charge in [-0.25, -0.2) is 4.79 Å². The van der Waals surface area contributed by atoms with Crippen LogP contribution in [-0.4, -0.2) is 33.9 Å². The van der Waals surface area contributed by atoms with Gasteiger partial charge in [0.15, 0.2) is 5.78 Å². The first-order chi connectivity index (χ1) is 9.04. The monoisotopic (exact) mass is 287 g/mol. The van der Waals surface area contributed by atoms with Gasteiger partial charge in [-0.2, -0.15) is 0 Å². The van der Waals surface area contributed by atoms with Gasteiger partial charge in [0.2, 0.25) is 0 Å². The number of nitrogens with one attached hydrogen (secondary N) is 1. The number of nitrogens with two attached hydrogens (primary N) is 1. The lowest BCUT2D eigenvalue weighted by Gasteiger charge is -2.15. The highest BCUT2D eigenvalue weighted by Gasteiger charge is 2.22. The fourth-order valence-corrected chi connectivity index (χ4v) is 2.23. The van der Waals surface area contributed by atoms with Crippen LogP contribution in [0.25, 0.3) is 0 Å². The van der Waals surface area contributed by atoms with Gasteiger partial charge >= 0.3 is 5.69 Å². The topological polar surface area (TPSA) is 107 Å². The van der Waals surface area contributed by atoms with Crippen LogP contribution in [-0.2, 0) is 11.3 Å². The SMILES string of the molecule is Nc1c(C(=O)CCl)c(=O)[nH]c(=O)n1C[C@@H]1CCCO1. The van der Waals surface area contributed by atoms with E-state index in [1.54, 1.807) is 0 Å². The standard InChI is InChI=1S/C11H14ClN3O4/c12-4-7(16)8-9(13)15(11(18)14-10(8)17)5-6-2-1-3-19-6/h6H,1-5,13H2,(H,14,17,18)/t6-/m0/s1. The van der Waals surface area contributed by atoms with Crippen LogP contribution in [0.3, 0.4) is 0 Å². The maximum atomic E-state index is 11.7. The number of rotatable bonds is 4. The van der Waals surface area contributed by atoms with E-state index in [2.05, 4.69) is 4.98 Å². The van der Waals surface area contributed by atoms with Crippen LogP contribution in [0.5, 0.6) is 0 Å². The van der Waals surface area contributed by atoms with E-state index < -0.39 is 17.0 Å².